The minimum absolute atomic E-state index is 0. The zero-order valence-electron chi connectivity index (χ0n) is 16.7. The van der Waals surface area contributed by atoms with Gasteiger partial charge in [-0.2, -0.15) is 0 Å². The van der Waals surface area contributed by atoms with Crippen molar-refractivity contribution < 1.29 is 14.2 Å². The number of nitrogens with zero attached hydrogens (tertiary/aromatic N) is 3. The summed E-state index contributed by atoms with van der Waals surface area (Å²) in [5.41, 5.74) is 0. The lowest BCUT2D eigenvalue weighted by Gasteiger charge is -2.32. The van der Waals surface area contributed by atoms with Crippen LogP contribution in [-0.2, 0) is 14.2 Å². The Morgan fingerprint density at radius 3 is 2.56 bits per heavy atom. The fourth-order valence-corrected chi connectivity index (χ4v) is 4.04. The van der Waals surface area contributed by atoms with Gasteiger partial charge >= 0.3 is 0 Å². The first-order valence-electron chi connectivity index (χ1n) is 10.3. The van der Waals surface area contributed by atoms with Gasteiger partial charge in [-0.3, -0.25) is 9.89 Å². The van der Waals surface area contributed by atoms with Crippen LogP contribution in [0, 0.1) is 5.92 Å². The van der Waals surface area contributed by atoms with Crippen molar-refractivity contribution in [2.75, 3.05) is 79.4 Å². The summed E-state index contributed by atoms with van der Waals surface area (Å²) in [6.07, 6.45) is 4.52. The van der Waals surface area contributed by atoms with Crippen molar-refractivity contribution in [1.82, 2.24) is 15.1 Å². The second kappa shape index (κ2) is 13.1. The van der Waals surface area contributed by atoms with Gasteiger partial charge in [0.25, 0.3) is 0 Å². The number of likely N-dealkylation sites (tertiary alicyclic amines) is 1. The molecule has 1 atom stereocenters. The van der Waals surface area contributed by atoms with Crippen LogP contribution >= 0.6 is 24.0 Å². The van der Waals surface area contributed by atoms with E-state index in [4.69, 9.17) is 14.2 Å². The Hall–Kier alpha value is -0.160. The van der Waals surface area contributed by atoms with Crippen molar-refractivity contribution in [2.45, 2.75) is 31.7 Å². The molecule has 0 aromatic rings. The molecule has 3 aliphatic heterocycles. The number of nitrogens with one attached hydrogen (secondary N) is 1. The molecule has 27 heavy (non-hydrogen) atoms. The number of ether oxygens (including phenoxy) is 3. The SMILES string of the molecule is CN=C(NCCCOCC1CCOCC1)N1CCC(N2CCOCC2)C1.I. The van der Waals surface area contributed by atoms with E-state index in [1.807, 2.05) is 7.05 Å². The number of halogens is 1. The van der Waals surface area contributed by atoms with Gasteiger partial charge in [-0.25, -0.2) is 0 Å². The van der Waals surface area contributed by atoms with Crippen LogP contribution in [0.4, 0.5) is 0 Å². The molecule has 0 amide bonds. The first-order valence-corrected chi connectivity index (χ1v) is 10.3. The summed E-state index contributed by atoms with van der Waals surface area (Å²) in [6.45, 7) is 10.4. The molecule has 0 spiro atoms. The van der Waals surface area contributed by atoms with Gasteiger partial charge in [-0.15, -0.1) is 24.0 Å². The lowest BCUT2D eigenvalue weighted by Crippen LogP contribution is -2.46. The second-order valence-electron chi connectivity index (χ2n) is 7.50. The van der Waals surface area contributed by atoms with E-state index in [1.54, 1.807) is 0 Å². The molecule has 0 aromatic heterocycles. The molecular weight excluding hydrogens is 459 g/mol. The fourth-order valence-electron chi connectivity index (χ4n) is 4.04. The Morgan fingerprint density at radius 2 is 1.81 bits per heavy atom. The molecule has 3 aliphatic rings. The van der Waals surface area contributed by atoms with E-state index in [-0.39, 0.29) is 24.0 Å². The maximum Gasteiger partial charge on any atom is 0.193 e. The van der Waals surface area contributed by atoms with Crippen LogP contribution in [0.25, 0.3) is 0 Å². The predicted octanol–water partition coefficient (Wildman–Crippen LogP) is 1.42. The van der Waals surface area contributed by atoms with Crippen LogP contribution in [0.1, 0.15) is 25.7 Å². The van der Waals surface area contributed by atoms with Crippen molar-refractivity contribution in [3.63, 3.8) is 0 Å². The Labute approximate surface area is 181 Å². The largest absolute Gasteiger partial charge is 0.381 e. The molecule has 0 bridgehead atoms. The molecule has 3 heterocycles. The van der Waals surface area contributed by atoms with Gasteiger partial charge in [0.15, 0.2) is 5.96 Å². The summed E-state index contributed by atoms with van der Waals surface area (Å²) < 4.78 is 16.7. The third kappa shape index (κ3) is 7.64. The summed E-state index contributed by atoms with van der Waals surface area (Å²) in [5.74, 6) is 1.72. The van der Waals surface area contributed by atoms with E-state index in [1.165, 1.54) is 6.42 Å². The summed E-state index contributed by atoms with van der Waals surface area (Å²) in [6, 6.07) is 0.639. The average Bonchev–Trinajstić information content (AvgIpc) is 3.19. The quantitative estimate of drug-likeness (QED) is 0.249. The topological polar surface area (TPSA) is 58.6 Å². The fraction of sp³-hybridized carbons (Fsp3) is 0.947. The highest BCUT2D eigenvalue weighted by Crippen LogP contribution is 2.17. The molecule has 3 fully saturated rings. The Morgan fingerprint density at radius 1 is 1.07 bits per heavy atom. The van der Waals surface area contributed by atoms with E-state index in [0.29, 0.717) is 12.0 Å². The molecule has 7 nitrogen and oxygen atoms in total. The zero-order chi connectivity index (χ0) is 18.0. The van der Waals surface area contributed by atoms with Gasteiger partial charge in [0.05, 0.1) is 13.2 Å². The van der Waals surface area contributed by atoms with Crippen molar-refractivity contribution in [2.24, 2.45) is 10.9 Å². The summed E-state index contributed by atoms with van der Waals surface area (Å²) >= 11 is 0. The Balaban J connectivity index is 0.00000261. The minimum Gasteiger partial charge on any atom is -0.381 e. The molecule has 158 valence electrons. The lowest BCUT2D eigenvalue weighted by molar-refractivity contribution is 0.0194. The molecule has 3 rings (SSSR count). The monoisotopic (exact) mass is 496 g/mol. The van der Waals surface area contributed by atoms with Crippen molar-refractivity contribution >= 4 is 29.9 Å². The number of hydrogen-bond donors (Lipinski definition) is 1. The number of guanidine groups is 1. The summed E-state index contributed by atoms with van der Waals surface area (Å²) in [5, 5.41) is 3.51. The summed E-state index contributed by atoms with van der Waals surface area (Å²) in [4.78, 5) is 9.44. The Kier molecular flexibility index (Phi) is 11.2. The highest BCUT2D eigenvalue weighted by molar-refractivity contribution is 14.0. The van der Waals surface area contributed by atoms with Crippen LogP contribution < -0.4 is 5.32 Å². The van der Waals surface area contributed by atoms with Crippen LogP contribution in [0.3, 0.4) is 0 Å². The maximum atomic E-state index is 5.84. The van der Waals surface area contributed by atoms with Crippen LogP contribution in [0.15, 0.2) is 4.99 Å². The normalized spacial score (nSPS) is 25.4. The summed E-state index contributed by atoms with van der Waals surface area (Å²) in [7, 11) is 1.88. The highest BCUT2D eigenvalue weighted by Gasteiger charge is 2.30. The van der Waals surface area contributed by atoms with Gasteiger partial charge in [-0.05, 0) is 31.6 Å². The molecule has 0 saturated carbocycles. The van der Waals surface area contributed by atoms with Crippen LogP contribution in [-0.4, -0.2) is 101 Å². The second-order valence-corrected chi connectivity index (χ2v) is 7.50. The average molecular weight is 496 g/mol. The minimum atomic E-state index is 0. The lowest BCUT2D eigenvalue weighted by atomic mass is 10.0. The molecule has 1 unspecified atom stereocenters. The Bertz CT molecular complexity index is 429. The van der Waals surface area contributed by atoms with Gasteiger partial charge in [-0.1, -0.05) is 0 Å². The van der Waals surface area contributed by atoms with Crippen LogP contribution in [0.2, 0.25) is 0 Å². The van der Waals surface area contributed by atoms with Gasteiger partial charge < -0.3 is 24.4 Å². The number of morpholine rings is 1. The number of aliphatic imine (C=N–C) groups is 1. The third-order valence-electron chi connectivity index (χ3n) is 5.68. The molecule has 1 N–H and O–H groups in total. The number of rotatable bonds is 7. The molecule has 0 aromatic carbocycles. The molecule has 0 aliphatic carbocycles. The van der Waals surface area contributed by atoms with E-state index in [9.17, 15) is 0 Å². The van der Waals surface area contributed by atoms with Gasteiger partial charge in [0.2, 0.25) is 0 Å². The zero-order valence-corrected chi connectivity index (χ0v) is 19.1. The van der Waals surface area contributed by atoms with Crippen molar-refractivity contribution in [3.8, 4) is 0 Å². The molecule has 8 heteroatoms. The maximum absolute atomic E-state index is 5.84. The van der Waals surface area contributed by atoms with E-state index in [2.05, 4.69) is 20.1 Å². The molecule has 3 saturated heterocycles. The highest BCUT2D eigenvalue weighted by atomic mass is 127. The van der Waals surface area contributed by atoms with Crippen LogP contribution in [0.5, 0.6) is 0 Å². The predicted molar refractivity (Wildman–Crippen MR) is 118 cm³/mol. The first kappa shape index (κ1) is 23.1. The molecular formula is C19H37IN4O3. The van der Waals surface area contributed by atoms with Gasteiger partial charge in [0.1, 0.15) is 0 Å². The van der Waals surface area contributed by atoms with Gasteiger partial charge in [0, 0.05) is 72.2 Å². The van der Waals surface area contributed by atoms with Crippen molar-refractivity contribution in [3.05, 3.63) is 0 Å². The van der Waals surface area contributed by atoms with E-state index >= 15 is 0 Å². The van der Waals surface area contributed by atoms with Crippen molar-refractivity contribution in [1.29, 1.82) is 0 Å². The smallest absolute Gasteiger partial charge is 0.193 e. The molecule has 0 radical (unpaired) electrons. The van der Waals surface area contributed by atoms with E-state index < -0.39 is 0 Å². The standard InChI is InChI=1S/C19H36N4O3.HI/c1-20-19(21-6-2-10-26-16-17-4-11-24-12-5-17)23-7-3-18(15-23)22-8-13-25-14-9-22;/h17-18H,2-16H2,1H3,(H,20,21);1H. The first-order chi connectivity index (χ1) is 12.9. The number of hydrogen-bond acceptors (Lipinski definition) is 5. The van der Waals surface area contributed by atoms with E-state index in [0.717, 1.165) is 97.6 Å². The third-order valence-corrected chi connectivity index (χ3v) is 5.68.